The van der Waals surface area contributed by atoms with Gasteiger partial charge in [-0.3, -0.25) is 9.59 Å². The van der Waals surface area contributed by atoms with Gasteiger partial charge in [0, 0.05) is 16.6 Å². The first-order valence-electron chi connectivity index (χ1n) is 5.02. The molecule has 0 bridgehead atoms. The molecule has 1 rings (SSSR count). The number of benzene rings is 1. The lowest BCUT2D eigenvalue weighted by Crippen LogP contribution is -2.35. The van der Waals surface area contributed by atoms with Gasteiger partial charge in [-0.1, -0.05) is 22.0 Å². The molecule has 0 radical (unpaired) electrons. The van der Waals surface area contributed by atoms with Gasteiger partial charge >= 0.3 is 5.97 Å². The standard InChI is InChI=1S/C12H11BrFNO3/c1-2-3-15(7-11(16)17)12(18)8-4-9(13)6-10(14)5-8/h2,4-6H,1,3,7H2,(H,16,17). The molecule has 0 saturated carbocycles. The van der Waals surface area contributed by atoms with Crippen LogP contribution < -0.4 is 0 Å². The third kappa shape index (κ3) is 3.96. The van der Waals surface area contributed by atoms with Crippen LogP contribution in [0.25, 0.3) is 0 Å². The van der Waals surface area contributed by atoms with E-state index in [9.17, 15) is 14.0 Å². The molecule has 1 aromatic carbocycles. The second-order valence-corrected chi connectivity index (χ2v) is 4.44. The average molecular weight is 316 g/mol. The minimum atomic E-state index is -1.14. The van der Waals surface area contributed by atoms with Gasteiger partial charge in [-0.15, -0.1) is 6.58 Å². The Bertz CT molecular complexity index is 470. The Morgan fingerprint density at radius 3 is 2.61 bits per heavy atom. The van der Waals surface area contributed by atoms with Crippen molar-refractivity contribution >= 4 is 27.8 Å². The first-order chi connectivity index (χ1) is 8.43. The molecule has 1 aromatic rings. The van der Waals surface area contributed by atoms with Crippen LogP contribution in [0.15, 0.2) is 35.3 Å². The van der Waals surface area contributed by atoms with Gasteiger partial charge in [0.2, 0.25) is 0 Å². The smallest absolute Gasteiger partial charge is 0.323 e. The molecular weight excluding hydrogens is 305 g/mol. The highest BCUT2D eigenvalue weighted by molar-refractivity contribution is 9.10. The highest BCUT2D eigenvalue weighted by atomic mass is 79.9. The van der Waals surface area contributed by atoms with Crippen LogP contribution in [0.4, 0.5) is 4.39 Å². The molecule has 0 aliphatic heterocycles. The summed E-state index contributed by atoms with van der Waals surface area (Å²) < 4.78 is 13.6. The molecule has 1 N–H and O–H groups in total. The van der Waals surface area contributed by atoms with Gasteiger partial charge < -0.3 is 10.0 Å². The van der Waals surface area contributed by atoms with Crippen molar-refractivity contribution in [3.05, 3.63) is 46.7 Å². The van der Waals surface area contributed by atoms with Crippen molar-refractivity contribution in [1.29, 1.82) is 0 Å². The summed E-state index contributed by atoms with van der Waals surface area (Å²) in [6, 6.07) is 3.71. The van der Waals surface area contributed by atoms with Crippen LogP contribution >= 0.6 is 15.9 Å². The van der Waals surface area contributed by atoms with Crippen molar-refractivity contribution in [3.8, 4) is 0 Å². The second kappa shape index (κ2) is 6.30. The highest BCUT2D eigenvalue weighted by Gasteiger charge is 2.18. The van der Waals surface area contributed by atoms with Crippen molar-refractivity contribution in [2.24, 2.45) is 0 Å². The maximum atomic E-state index is 13.2. The normalized spacial score (nSPS) is 9.89. The summed E-state index contributed by atoms with van der Waals surface area (Å²) in [6.07, 6.45) is 1.41. The first-order valence-corrected chi connectivity index (χ1v) is 5.81. The van der Waals surface area contributed by atoms with Crippen molar-refractivity contribution in [2.75, 3.05) is 13.1 Å². The predicted molar refractivity (Wildman–Crippen MR) is 67.8 cm³/mol. The second-order valence-electron chi connectivity index (χ2n) is 3.53. The SMILES string of the molecule is C=CCN(CC(=O)O)C(=O)c1cc(F)cc(Br)c1. The molecule has 0 fully saturated rings. The molecule has 0 spiro atoms. The van der Waals surface area contributed by atoms with E-state index in [0.717, 1.165) is 11.0 Å². The molecule has 0 saturated heterocycles. The largest absolute Gasteiger partial charge is 0.480 e. The molecule has 0 atom stereocenters. The van der Waals surface area contributed by atoms with Crippen LogP contribution in [0.5, 0.6) is 0 Å². The predicted octanol–water partition coefficient (Wildman–Crippen LogP) is 2.30. The average Bonchev–Trinajstić information content (AvgIpc) is 2.25. The Hall–Kier alpha value is -1.69. The monoisotopic (exact) mass is 315 g/mol. The number of carboxylic acid groups (broad SMARTS) is 1. The molecule has 0 aliphatic rings. The van der Waals surface area contributed by atoms with Crippen LogP contribution in [0.2, 0.25) is 0 Å². The third-order valence-electron chi connectivity index (χ3n) is 2.07. The van der Waals surface area contributed by atoms with Crippen molar-refractivity contribution < 1.29 is 19.1 Å². The molecule has 6 heteroatoms. The topological polar surface area (TPSA) is 57.6 Å². The summed E-state index contributed by atoms with van der Waals surface area (Å²) >= 11 is 3.07. The quantitative estimate of drug-likeness (QED) is 0.848. The van der Waals surface area contributed by atoms with E-state index < -0.39 is 24.2 Å². The Balaban J connectivity index is 3.00. The van der Waals surface area contributed by atoms with Gasteiger partial charge in [0.05, 0.1) is 0 Å². The lowest BCUT2D eigenvalue weighted by atomic mass is 10.2. The lowest BCUT2D eigenvalue weighted by Gasteiger charge is -2.19. The molecule has 4 nitrogen and oxygen atoms in total. The number of carboxylic acids is 1. The van der Waals surface area contributed by atoms with Gasteiger partial charge in [-0.25, -0.2) is 4.39 Å². The molecule has 0 aromatic heterocycles. The van der Waals surface area contributed by atoms with E-state index in [2.05, 4.69) is 22.5 Å². The fourth-order valence-electron chi connectivity index (χ4n) is 1.40. The molecule has 96 valence electrons. The molecule has 0 heterocycles. The summed E-state index contributed by atoms with van der Waals surface area (Å²) in [5.41, 5.74) is 0.0879. The Kier molecular flexibility index (Phi) is 5.03. The minimum Gasteiger partial charge on any atom is -0.480 e. The number of aliphatic carboxylic acids is 1. The molecule has 18 heavy (non-hydrogen) atoms. The summed E-state index contributed by atoms with van der Waals surface area (Å²) in [7, 11) is 0. The third-order valence-corrected chi connectivity index (χ3v) is 2.53. The van der Waals surface area contributed by atoms with Crippen LogP contribution in [0.1, 0.15) is 10.4 Å². The minimum absolute atomic E-state index is 0.0826. The zero-order valence-corrected chi connectivity index (χ0v) is 11.0. The van der Waals surface area contributed by atoms with Crippen molar-refractivity contribution in [3.63, 3.8) is 0 Å². The van der Waals surface area contributed by atoms with Crippen LogP contribution in [0.3, 0.4) is 0 Å². The molecule has 0 unspecified atom stereocenters. The number of hydrogen-bond acceptors (Lipinski definition) is 2. The van der Waals surface area contributed by atoms with E-state index in [1.54, 1.807) is 0 Å². The number of rotatable bonds is 5. The number of carbonyl (C=O) groups is 2. The summed E-state index contributed by atoms with van der Waals surface area (Å²) in [6.45, 7) is 3.07. The maximum absolute atomic E-state index is 13.2. The van der Waals surface area contributed by atoms with E-state index >= 15 is 0 Å². The summed E-state index contributed by atoms with van der Waals surface area (Å²) in [4.78, 5) is 23.7. The zero-order chi connectivity index (χ0) is 13.7. The number of hydrogen-bond donors (Lipinski definition) is 1. The Morgan fingerprint density at radius 2 is 2.11 bits per heavy atom. The van der Waals surface area contributed by atoms with Gasteiger partial charge in [-0.05, 0) is 18.2 Å². The van der Waals surface area contributed by atoms with E-state index in [1.807, 2.05) is 0 Å². The van der Waals surface area contributed by atoms with Gasteiger partial charge in [-0.2, -0.15) is 0 Å². The maximum Gasteiger partial charge on any atom is 0.323 e. The molecule has 0 aliphatic carbocycles. The first kappa shape index (κ1) is 14.4. The van der Waals surface area contributed by atoms with E-state index in [-0.39, 0.29) is 12.1 Å². The molecule has 1 amide bonds. The summed E-state index contributed by atoms with van der Waals surface area (Å²) in [5.74, 6) is -2.26. The lowest BCUT2D eigenvalue weighted by molar-refractivity contribution is -0.137. The number of carbonyl (C=O) groups excluding carboxylic acids is 1. The Labute approximate surface area is 112 Å². The van der Waals surface area contributed by atoms with Crippen LogP contribution in [0, 0.1) is 5.82 Å². The summed E-state index contributed by atoms with van der Waals surface area (Å²) in [5, 5.41) is 8.70. The van der Waals surface area contributed by atoms with Crippen molar-refractivity contribution in [2.45, 2.75) is 0 Å². The van der Waals surface area contributed by atoms with Gasteiger partial charge in [0.25, 0.3) is 5.91 Å². The number of halogens is 2. The van der Waals surface area contributed by atoms with Gasteiger partial charge in [0.1, 0.15) is 12.4 Å². The van der Waals surface area contributed by atoms with Crippen LogP contribution in [-0.4, -0.2) is 35.0 Å². The van der Waals surface area contributed by atoms with E-state index in [1.165, 1.54) is 18.2 Å². The Morgan fingerprint density at radius 1 is 1.44 bits per heavy atom. The fraction of sp³-hybridized carbons (Fsp3) is 0.167. The van der Waals surface area contributed by atoms with Crippen LogP contribution in [-0.2, 0) is 4.79 Å². The molecular formula is C12H11BrFNO3. The van der Waals surface area contributed by atoms with E-state index in [4.69, 9.17) is 5.11 Å². The zero-order valence-electron chi connectivity index (χ0n) is 9.40. The van der Waals surface area contributed by atoms with Crippen molar-refractivity contribution in [1.82, 2.24) is 4.90 Å². The number of nitrogens with zero attached hydrogens (tertiary/aromatic N) is 1. The highest BCUT2D eigenvalue weighted by Crippen LogP contribution is 2.16. The van der Waals surface area contributed by atoms with Gasteiger partial charge in [0.15, 0.2) is 0 Å². The van der Waals surface area contributed by atoms with E-state index in [0.29, 0.717) is 4.47 Å². The fourth-order valence-corrected chi connectivity index (χ4v) is 1.86. The number of amides is 1.